The Morgan fingerprint density at radius 2 is 0.510 bits per heavy atom. The van der Waals surface area contributed by atoms with Crippen molar-refractivity contribution in [2.75, 3.05) is 39.6 Å². The zero-order valence-electron chi connectivity index (χ0n) is 65.5. The second kappa shape index (κ2) is 72.6. The lowest BCUT2D eigenvalue weighted by atomic mass is 9.99. The SMILES string of the molecule is CCCCCCCCCCCCCCCCCCCCCCC(=O)O[C@H](COC(=O)CCCCCCCCCCCCCCC(C)C)COP(=O)(O)OC[C@@H](O)COP(=O)(O)OC[C@@H](COC(=O)CCCCCCCCCCCCC)OC(=O)CCCCCCCCCCCCC(C)CC. The van der Waals surface area contributed by atoms with Crippen molar-refractivity contribution in [3.8, 4) is 0 Å². The van der Waals surface area contributed by atoms with Crippen molar-refractivity contribution >= 4 is 39.5 Å². The summed E-state index contributed by atoms with van der Waals surface area (Å²) in [4.78, 5) is 73.0. The molecule has 6 atom stereocenters. The first-order valence-electron chi connectivity index (χ1n) is 42.0. The van der Waals surface area contributed by atoms with Crippen LogP contribution in [0.5, 0.6) is 0 Å². The molecule has 3 N–H and O–H groups in total. The fraction of sp³-hybridized carbons (Fsp3) is 0.951. The first-order valence-corrected chi connectivity index (χ1v) is 45.0. The number of rotatable bonds is 80. The van der Waals surface area contributed by atoms with E-state index < -0.39 is 97.5 Å². The molecule has 100 heavy (non-hydrogen) atoms. The Labute approximate surface area is 613 Å². The average molecular weight is 1470 g/mol. The van der Waals surface area contributed by atoms with Gasteiger partial charge in [0.2, 0.25) is 0 Å². The van der Waals surface area contributed by atoms with Gasteiger partial charge in [0.25, 0.3) is 0 Å². The van der Waals surface area contributed by atoms with Crippen LogP contribution in [0, 0.1) is 11.8 Å². The minimum atomic E-state index is -4.96. The van der Waals surface area contributed by atoms with Gasteiger partial charge < -0.3 is 33.8 Å². The smallest absolute Gasteiger partial charge is 0.462 e. The maximum absolute atomic E-state index is 13.1. The van der Waals surface area contributed by atoms with Crippen LogP contribution in [0.25, 0.3) is 0 Å². The van der Waals surface area contributed by atoms with E-state index in [1.807, 2.05) is 0 Å². The average Bonchev–Trinajstić information content (AvgIpc) is 0.950. The molecular weight excluding hydrogens is 1310 g/mol. The summed E-state index contributed by atoms with van der Waals surface area (Å²) in [7, 11) is -9.92. The highest BCUT2D eigenvalue weighted by atomic mass is 31.2. The minimum absolute atomic E-state index is 0.107. The normalized spacial score (nSPS) is 14.2. The lowest BCUT2D eigenvalue weighted by molar-refractivity contribution is -0.161. The van der Waals surface area contributed by atoms with E-state index >= 15 is 0 Å². The van der Waals surface area contributed by atoms with Crippen molar-refractivity contribution in [2.45, 2.75) is 445 Å². The Kier molecular flexibility index (Phi) is 71.2. The van der Waals surface area contributed by atoms with Crippen LogP contribution in [0.1, 0.15) is 427 Å². The van der Waals surface area contributed by atoms with E-state index in [1.165, 1.54) is 244 Å². The highest BCUT2D eigenvalue weighted by Gasteiger charge is 2.30. The number of ether oxygens (including phenoxy) is 4. The molecule has 0 spiro atoms. The molecule has 0 radical (unpaired) electrons. The van der Waals surface area contributed by atoms with Crippen LogP contribution in [-0.2, 0) is 65.4 Å². The Morgan fingerprint density at radius 3 is 0.760 bits per heavy atom. The molecule has 3 unspecified atom stereocenters. The molecule has 0 aliphatic rings. The Balaban J connectivity index is 5.24. The molecular formula is C81H158O17P2. The summed E-state index contributed by atoms with van der Waals surface area (Å²) >= 11 is 0. The molecule has 0 aromatic rings. The third-order valence-electron chi connectivity index (χ3n) is 19.3. The molecule has 19 heteroatoms. The highest BCUT2D eigenvalue weighted by Crippen LogP contribution is 2.45. The van der Waals surface area contributed by atoms with Gasteiger partial charge in [0.05, 0.1) is 26.4 Å². The summed E-state index contributed by atoms with van der Waals surface area (Å²) in [5.41, 5.74) is 0. The van der Waals surface area contributed by atoms with E-state index in [9.17, 15) is 43.2 Å². The van der Waals surface area contributed by atoms with Crippen molar-refractivity contribution in [2.24, 2.45) is 11.8 Å². The van der Waals surface area contributed by atoms with Crippen LogP contribution < -0.4 is 0 Å². The summed E-state index contributed by atoms with van der Waals surface area (Å²) in [5.74, 6) is -0.523. The second-order valence-electron chi connectivity index (χ2n) is 29.9. The molecule has 0 aliphatic carbocycles. The number of unbranched alkanes of at least 4 members (excludes halogenated alkanes) is 49. The topological polar surface area (TPSA) is 237 Å². The summed E-state index contributed by atoms with van der Waals surface area (Å²) in [6.07, 6.45) is 62.3. The van der Waals surface area contributed by atoms with E-state index in [4.69, 9.17) is 37.0 Å². The zero-order chi connectivity index (χ0) is 73.5. The number of phosphoric acid groups is 2. The summed E-state index contributed by atoms with van der Waals surface area (Å²) < 4.78 is 68.7. The number of hydrogen-bond acceptors (Lipinski definition) is 15. The van der Waals surface area contributed by atoms with E-state index in [0.717, 1.165) is 102 Å². The lowest BCUT2D eigenvalue weighted by Gasteiger charge is -2.21. The molecule has 0 rings (SSSR count). The standard InChI is InChI=1S/C81H158O17P2/c1-7-10-12-14-16-18-20-21-22-23-24-25-26-27-28-34-41-47-53-59-65-80(85)97-76(70-92-79(84)64-58-52-46-40-33-30-29-32-37-43-49-55-61-73(4)5)71-95-99(87,88)93-67-75(82)68-94-100(89,90)96-72-77(69-91-78(83)63-57-51-45-39-31-19-17-15-13-11-8-2)98-81(86)66-60-54-48-42-36-35-38-44-50-56-62-74(6)9-3/h73-77,82H,7-72H2,1-6H3,(H,87,88)(H,89,90)/t74?,75-,76-,77-/m1/s1. The van der Waals surface area contributed by atoms with Crippen LogP contribution in [0.2, 0.25) is 0 Å². The van der Waals surface area contributed by atoms with E-state index in [0.29, 0.717) is 25.7 Å². The number of carbonyl (C=O) groups is 4. The molecule has 0 aromatic carbocycles. The summed E-state index contributed by atoms with van der Waals surface area (Å²) in [6, 6.07) is 0. The predicted molar refractivity (Wildman–Crippen MR) is 409 cm³/mol. The Morgan fingerprint density at radius 1 is 0.290 bits per heavy atom. The number of aliphatic hydroxyl groups is 1. The van der Waals surface area contributed by atoms with Gasteiger partial charge in [0.1, 0.15) is 19.3 Å². The van der Waals surface area contributed by atoms with Gasteiger partial charge in [-0.05, 0) is 37.5 Å². The molecule has 594 valence electrons. The first kappa shape index (κ1) is 98.1. The molecule has 0 heterocycles. The van der Waals surface area contributed by atoms with Gasteiger partial charge >= 0.3 is 39.5 Å². The maximum atomic E-state index is 13.1. The van der Waals surface area contributed by atoms with Gasteiger partial charge in [0.15, 0.2) is 12.2 Å². The first-order chi connectivity index (χ1) is 48.4. The number of aliphatic hydroxyl groups excluding tert-OH is 1. The van der Waals surface area contributed by atoms with Gasteiger partial charge in [0, 0.05) is 25.7 Å². The van der Waals surface area contributed by atoms with Gasteiger partial charge in [-0.15, -0.1) is 0 Å². The fourth-order valence-electron chi connectivity index (χ4n) is 12.5. The van der Waals surface area contributed by atoms with Gasteiger partial charge in [-0.3, -0.25) is 37.3 Å². The van der Waals surface area contributed by atoms with Crippen LogP contribution in [-0.4, -0.2) is 96.7 Å². The molecule has 0 aromatic heterocycles. The van der Waals surface area contributed by atoms with Gasteiger partial charge in [-0.2, -0.15) is 0 Å². The number of carbonyl (C=O) groups excluding carboxylic acids is 4. The lowest BCUT2D eigenvalue weighted by Crippen LogP contribution is -2.30. The van der Waals surface area contributed by atoms with E-state index in [2.05, 4.69) is 41.5 Å². The van der Waals surface area contributed by atoms with Gasteiger partial charge in [-0.25, -0.2) is 9.13 Å². The third kappa shape index (κ3) is 73.0. The van der Waals surface area contributed by atoms with Crippen molar-refractivity contribution < 1.29 is 80.2 Å². The number of hydrogen-bond donors (Lipinski definition) is 3. The maximum Gasteiger partial charge on any atom is 0.472 e. The van der Waals surface area contributed by atoms with Crippen LogP contribution >= 0.6 is 15.6 Å². The van der Waals surface area contributed by atoms with Crippen LogP contribution in [0.4, 0.5) is 0 Å². The third-order valence-corrected chi connectivity index (χ3v) is 21.2. The number of phosphoric ester groups is 2. The number of esters is 4. The predicted octanol–water partition coefficient (Wildman–Crippen LogP) is 24.3. The summed E-state index contributed by atoms with van der Waals surface area (Å²) in [6.45, 7) is 9.67. The molecule has 17 nitrogen and oxygen atoms in total. The monoisotopic (exact) mass is 1470 g/mol. The van der Waals surface area contributed by atoms with Crippen molar-refractivity contribution in [1.82, 2.24) is 0 Å². The minimum Gasteiger partial charge on any atom is -0.462 e. The van der Waals surface area contributed by atoms with Crippen molar-refractivity contribution in [3.63, 3.8) is 0 Å². The Hall–Kier alpha value is -1.94. The molecule has 0 saturated heterocycles. The molecule has 0 bridgehead atoms. The largest absolute Gasteiger partial charge is 0.472 e. The van der Waals surface area contributed by atoms with Gasteiger partial charge in [-0.1, -0.05) is 375 Å². The molecule has 0 fully saturated rings. The highest BCUT2D eigenvalue weighted by molar-refractivity contribution is 7.47. The molecule has 0 saturated carbocycles. The van der Waals surface area contributed by atoms with Crippen LogP contribution in [0.3, 0.4) is 0 Å². The van der Waals surface area contributed by atoms with Crippen molar-refractivity contribution in [1.29, 1.82) is 0 Å². The fourth-order valence-corrected chi connectivity index (χ4v) is 14.1. The molecule has 0 amide bonds. The quantitative estimate of drug-likeness (QED) is 0.0222. The summed E-state index contributed by atoms with van der Waals surface area (Å²) in [5, 5.41) is 10.6. The zero-order valence-corrected chi connectivity index (χ0v) is 67.3. The van der Waals surface area contributed by atoms with Crippen LogP contribution in [0.15, 0.2) is 0 Å². The van der Waals surface area contributed by atoms with Crippen molar-refractivity contribution in [3.05, 3.63) is 0 Å². The second-order valence-corrected chi connectivity index (χ2v) is 32.8. The molecule has 0 aliphatic heterocycles. The Bertz CT molecular complexity index is 1930. The van der Waals surface area contributed by atoms with E-state index in [-0.39, 0.29) is 25.7 Å². The van der Waals surface area contributed by atoms with E-state index in [1.54, 1.807) is 0 Å².